The summed E-state index contributed by atoms with van der Waals surface area (Å²) in [5.41, 5.74) is 1.26. The number of hydrogen-bond acceptors (Lipinski definition) is 8. The smallest absolute Gasteiger partial charge is 0.295 e. The van der Waals surface area contributed by atoms with Gasteiger partial charge in [0.2, 0.25) is 0 Å². The maximum atomic E-state index is 13.5. The quantitative estimate of drug-likeness (QED) is 0.242. The second kappa shape index (κ2) is 11.2. The molecular weight excluding hydrogens is 490 g/mol. The van der Waals surface area contributed by atoms with Crippen molar-refractivity contribution in [3.05, 3.63) is 82.9 Å². The fraction of sp³-hybridized carbons (Fsp3) is 0.241. The number of aromatic hydroxyl groups is 1. The lowest BCUT2D eigenvalue weighted by Crippen LogP contribution is -2.29. The minimum atomic E-state index is -0.989. The molecule has 1 atom stereocenters. The second-order valence-electron chi connectivity index (χ2n) is 8.50. The molecule has 3 aromatic carbocycles. The summed E-state index contributed by atoms with van der Waals surface area (Å²) in [6.45, 7) is 2.13. The Morgan fingerprint density at radius 3 is 2.32 bits per heavy atom. The first kappa shape index (κ1) is 26.4. The van der Waals surface area contributed by atoms with Crippen LogP contribution in [0.4, 0.5) is 0 Å². The number of nitrogens with zero attached hydrogens (tertiary/aromatic N) is 1. The number of aliphatic hydroxyl groups is 1. The number of phenolic OH excluding ortho intramolecular Hbond substituents is 1. The predicted molar refractivity (Wildman–Crippen MR) is 140 cm³/mol. The van der Waals surface area contributed by atoms with Crippen molar-refractivity contribution in [3.63, 3.8) is 0 Å². The largest absolute Gasteiger partial charge is 0.507 e. The number of amides is 1. The molecule has 198 valence electrons. The van der Waals surface area contributed by atoms with Crippen LogP contribution in [0.25, 0.3) is 5.76 Å². The normalized spacial score (nSPS) is 16.4. The van der Waals surface area contributed by atoms with Gasteiger partial charge >= 0.3 is 0 Å². The molecule has 0 spiro atoms. The molecule has 38 heavy (non-hydrogen) atoms. The Hall–Kier alpha value is -4.66. The van der Waals surface area contributed by atoms with Crippen molar-refractivity contribution >= 4 is 17.4 Å². The van der Waals surface area contributed by atoms with Crippen LogP contribution in [0.5, 0.6) is 28.7 Å². The molecule has 0 radical (unpaired) electrons. The average molecular weight is 520 g/mol. The SMILES string of the molecule is CCOc1cc(C2/C(=C(\O)c3cc(OC)ccc3OC)C(=O)C(=O)N2Cc2cccc(OC)c2)ccc1O. The van der Waals surface area contributed by atoms with Crippen molar-refractivity contribution in [3.8, 4) is 28.7 Å². The summed E-state index contributed by atoms with van der Waals surface area (Å²) in [5.74, 6) is -0.632. The number of rotatable bonds is 9. The molecule has 3 aromatic rings. The minimum absolute atomic E-state index is 0.0588. The van der Waals surface area contributed by atoms with Crippen molar-refractivity contribution < 1.29 is 38.7 Å². The van der Waals surface area contributed by atoms with E-state index in [1.165, 1.54) is 31.3 Å². The van der Waals surface area contributed by atoms with Gasteiger partial charge in [-0.3, -0.25) is 9.59 Å². The van der Waals surface area contributed by atoms with Gasteiger partial charge in [0.15, 0.2) is 11.5 Å². The lowest BCUT2D eigenvalue weighted by atomic mass is 9.94. The molecule has 1 heterocycles. The third kappa shape index (κ3) is 4.95. The molecule has 0 aromatic heterocycles. The van der Waals surface area contributed by atoms with Gasteiger partial charge in [-0.15, -0.1) is 0 Å². The Bertz CT molecular complexity index is 1400. The first-order valence-electron chi connectivity index (χ1n) is 11.9. The monoisotopic (exact) mass is 519 g/mol. The van der Waals surface area contributed by atoms with Crippen molar-refractivity contribution in [1.29, 1.82) is 0 Å². The van der Waals surface area contributed by atoms with Crippen LogP contribution in [0.2, 0.25) is 0 Å². The van der Waals surface area contributed by atoms with Gasteiger partial charge in [-0.2, -0.15) is 0 Å². The number of methoxy groups -OCH3 is 3. The van der Waals surface area contributed by atoms with Gasteiger partial charge in [0, 0.05) is 6.54 Å². The summed E-state index contributed by atoms with van der Waals surface area (Å²) < 4.78 is 21.6. The number of aliphatic hydroxyl groups excluding tert-OH is 1. The van der Waals surface area contributed by atoms with Gasteiger partial charge in [-0.05, 0) is 60.5 Å². The van der Waals surface area contributed by atoms with Gasteiger partial charge in [0.1, 0.15) is 23.0 Å². The third-order valence-electron chi connectivity index (χ3n) is 6.29. The van der Waals surface area contributed by atoms with E-state index >= 15 is 0 Å². The van der Waals surface area contributed by atoms with Crippen LogP contribution >= 0.6 is 0 Å². The van der Waals surface area contributed by atoms with Crippen molar-refractivity contribution in [2.24, 2.45) is 0 Å². The van der Waals surface area contributed by atoms with Gasteiger partial charge in [0.05, 0.1) is 45.1 Å². The van der Waals surface area contributed by atoms with E-state index in [-0.39, 0.29) is 29.2 Å². The highest BCUT2D eigenvalue weighted by molar-refractivity contribution is 6.46. The van der Waals surface area contributed by atoms with Gasteiger partial charge in [-0.1, -0.05) is 18.2 Å². The van der Waals surface area contributed by atoms with Crippen LogP contribution in [0.15, 0.2) is 66.2 Å². The summed E-state index contributed by atoms with van der Waals surface area (Å²) in [5, 5.41) is 21.8. The molecule has 9 nitrogen and oxygen atoms in total. The Balaban J connectivity index is 1.93. The summed E-state index contributed by atoms with van der Waals surface area (Å²) in [6.07, 6.45) is 0. The number of ether oxygens (including phenoxy) is 4. The molecule has 1 unspecified atom stereocenters. The number of hydrogen-bond donors (Lipinski definition) is 2. The Morgan fingerprint density at radius 1 is 0.895 bits per heavy atom. The number of carbonyl (C=O) groups is 2. The maximum Gasteiger partial charge on any atom is 0.295 e. The van der Waals surface area contributed by atoms with E-state index in [9.17, 15) is 19.8 Å². The Kier molecular flexibility index (Phi) is 7.76. The van der Waals surface area contributed by atoms with Crippen LogP contribution in [0.1, 0.15) is 29.7 Å². The van der Waals surface area contributed by atoms with Gasteiger partial charge < -0.3 is 34.1 Å². The van der Waals surface area contributed by atoms with Crippen LogP contribution in [-0.2, 0) is 16.1 Å². The molecule has 0 aliphatic carbocycles. The molecule has 1 amide bonds. The summed E-state index contributed by atoms with van der Waals surface area (Å²) in [7, 11) is 4.45. The number of phenols is 1. The second-order valence-corrected chi connectivity index (χ2v) is 8.50. The standard InChI is InChI=1S/C29H29NO8/c1-5-38-24-14-18(9-11-22(24)31)26-25(27(32)21-15-20(36-3)10-12-23(21)37-4)28(33)29(34)30(26)16-17-7-6-8-19(13-17)35-2/h6-15,26,31-32H,5,16H2,1-4H3/b27-25+. The minimum Gasteiger partial charge on any atom is -0.507 e. The fourth-order valence-electron chi connectivity index (χ4n) is 4.47. The highest BCUT2D eigenvalue weighted by Gasteiger charge is 2.46. The van der Waals surface area contributed by atoms with Crippen molar-refractivity contribution in [1.82, 2.24) is 4.90 Å². The van der Waals surface area contributed by atoms with E-state index in [1.54, 1.807) is 56.5 Å². The van der Waals surface area contributed by atoms with E-state index in [2.05, 4.69) is 0 Å². The molecule has 9 heteroatoms. The van der Waals surface area contributed by atoms with Crippen LogP contribution in [0, 0.1) is 0 Å². The fourth-order valence-corrected chi connectivity index (χ4v) is 4.47. The van der Waals surface area contributed by atoms with E-state index in [0.717, 1.165) is 5.56 Å². The Morgan fingerprint density at radius 2 is 1.63 bits per heavy atom. The molecule has 1 aliphatic heterocycles. The van der Waals surface area contributed by atoms with E-state index < -0.39 is 23.5 Å². The number of likely N-dealkylation sites (tertiary alicyclic amines) is 1. The predicted octanol–water partition coefficient (Wildman–Crippen LogP) is 4.44. The van der Waals surface area contributed by atoms with Crippen LogP contribution in [-0.4, -0.2) is 54.7 Å². The van der Waals surface area contributed by atoms with Crippen LogP contribution < -0.4 is 18.9 Å². The highest BCUT2D eigenvalue weighted by atomic mass is 16.5. The van der Waals surface area contributed by atoms with E-state index in [0.29, 0.717) is 29.4 Å². The lowest BCUT2D eigenvalue weighted by Gasteiger charge is -2.26. The molecule has 1 saturated heterocycles. The summed E-state index contributed by atoms with van der Waals surface area (Å²) >= 11 is 0. The van der Waals surface area contributed by atoms with E-state index in [1.807, 2.05) is 6.07 Å². The molecule has 1 fully saturated rings. The third-order valence-corrected chi connectivity index (χ3v) is 6.29. The molecule has 2 N–H and O–H groups in total. The zero-order chi connectivity index (χ0) is 27.4. The highest BCUT2D eigenvalue weighted by Crippen LogP contribution is 2.44. The van der Waals surface area contributed by atoms with Crippen molar-refractivity contribution in [2.75, 3.05) is 27.9 Å². The molecule has 0 bridgehead atoms. The number of Topliss-reactive ketones (excluding diaryl/α,β-unsaturated/α-hetero) is 1. The first-order valence-corrected chi connectivity index (χ1v) is 11.9. The average Bonchev–Trinajstić information content (AvgIpc) is 3.18. The Labute approximate surface area is 220 Å². The topological polar surface area (TPSA) is 115 Å². The number of ketones is 1. The van der Waals surface area contributed by atoms with E-state index in [4.69, 9.17) is 18.9 Å². The van der Waals surface area contributed by atoms with Crippen molar-refractivity contribution in [2.45, 2.75) is 19.5 Å². The maximum absolute atomic E-state index is 13.5. The van der Waals surface area contributed by atoms with Gasteiger partial charge in [0.25, 0.3) is 11.7 Å². The number of carbonyl (C=O) groups excluding carboxylic acids is 2. The molecule has 0 saturated carbocycles. The summed E-state index contributed by atoms with van der Waals surface area (Å²) in [6, 6.07) is 15.5. The molecule has 4 rings (SSSR count). The van der Waals surface area contributed by atoms with Gasteiger partial charge in [-0.25, -0.2) is 0 Å². The lowest BCUT2D eigenvalue weighted by molar-refractivity contribution is -0.140. The first-order chi connectivity index (χ1) is 18.3. The molecular formula is C29H29NO8. The molecule has 1 aliphatic rings. The van der Waals surface area contributed by atoms with Crippen LogP contribution in [0.3, 0.4) is 0 Å². The summed E-state index contributed by atoms with van der Waals surface area (Å²) in [4.78, 5) is 28.3. The zero-order valence-electron chi connectivity index (χ0n) is 21.6. The zero-order valence-corrected chi connectivity index (χ0v) is 21.6. The number of benzene rings is 3.